The number of carbonyl (C=O) groups excluding carboxylic acids is 1. The molecule has 0 bridgehead atoms. The molecule has 5 rings (SSSR count). The minimum Gasteiger partial charge on any atom is -0.495 e. The largest absolute Gasteiger partial charge is 0.495 e. The number of thiazole rings is 1. The lowest BCUT2D eigenvalue weighted by Crippen LogP contribution is -2.08. The molecule has 0 spiro atoms. The first-order valence-corrected chi connectivity index (χ1v) is 11.7. The normalized spacial score (nSPS) is 14.8. The Balaban J connectivity index is 1.48. The number of nitrogens with one attached hydrogen (secondary N) is 1. The minimum absolute atomic E-state index is 0.227. The first-order chi connectivity index (χ1) is 15.4. The molecule has 1 aliphatic carbocycles. The fourth-order valence-corrected chi connectivity index (χ4v) is 4.86. The molecule has 1 aromatic carbocycles. The molecule has 164 valence electrons. The number of carbonyl (C=O) groups is 1. The second kappa shape index (κ2) is 8.13. The minimum atomic E-state index is 0.227. The maximum absolute atomic E-state index is 12.4. The van der Waals surface area contributed by atoms with E-state index in [4.69, 9.17) is 14.7 Å². The highest BCUT2D eigenvalue weighted by atomic mass is 32.1. The van der Waals surface area contributed by atoms with Crippen LogP contribution in [0.25, 0.3) is 10.6 Å². The van der Waals surface area contributed by atoms with Gasteiger partial charge in [0.1, 0.15) is 22.2 Å². The average molecular weight is 447 g/mol. The Hall–Kier alpha value is -3.06. The number of ether oxygens (including phenoxy) is 1. The van der Waals surface area contributed by atoms with Crippen molar-refractivity contribution in [3.63, 3.8) is 0 Å². The topological polar surface area (TPSA) is 76.5 Å². The number of aliphatic imine (C=N–C) groups is 1. The van der Waals surface area contributed by atoms with Crippen molar-refractivity contribution >= 4 is 39.9 Å². The van der Waals surface area contributed by atoms with Crippen molar-refractivity contribution in [1.29, 1.82) is 0 Å². The molecule has 0 amide bonds. The number of ketones is 1. The Bertz CT molecular complexity index is 1240. The van der Waals surface area contributed by atoms with E-state index in [9.17, 15) is 4.79 Å². The molecule has 1 N–H and O–H groups in total. The van der Waals surface area contributed by atoms with Crippen LogP contribution in [0.5, 0.6) is 5.75 Å². The third-order valence-electron chi connectivity index (χ3n) is 5.98. The monoisotopic (exact) mass is 446 g/mol. The van der Waals surface area contributed by atoms with E-state index in [0.717, 1.165) is 69.0 Å². The molecule has 3 aromatic rings. The van der Waals surface area contributed by atoms with Gasteiger partial charge in [-0.25, -0.2) is 4.98 Å². The Kier molecular flexibility index (Phi) is 5.29. The summed E-state index contributed by atoms with van der Waals surface area (Å²) in [5.74, 6) is 1.24. The summed E-state index contributed by atoms with van der Waals surface area (Å²) in [5.41, 5.74) is 7.39. The number of pyridine rings is 1. The molecule has 1 fully saturated rings. The fourth-order valence-electron chi connectivity index (χ4n) is 3.95. The molecule has 1 saturated carbocycles. The zero-order chi connectivity index (χ0) is 22.4. The van der Waals surface area contributed by atoms with Gasteiger partial charge >= 0.3 is 0 Å². The van der Waals surface area contributed by atoms with E-state index in [1.165, 1.54) is 4.88 Å². The summed E-state index contributed by atoms with van der Waals surface area (Å²) in [6, 6.07) is 8.03. The lowest BCUT2D eigenvalue weighted by atomic mass is 10.1. The van der Waals surface area contributed by atoms with Crippen LogP contribution in [0.4, 0.5) is 17.1 Å². The first-order valence-electron chi connectivity index (χ1n) is 10.9. The van der Waals surface area contributed by atoms with Gasteiger partial charge in [0.2, 0.25) is 0 Å². The number of rotatable bonds is 7. The molecule has 0 radical (unpaired) electrons. The summed E-state index contributed by atoms with van der Waals surface area (Å²) in [4.78, 5) is 27.7. The fraction of sp³-hybridized carbons (Fsp3) is 0.360. The average Bonchev–Trinajstić information content (AvgIpc) is 3.47. The number of hydrogen-bond acceptors (Lipinski definition) is 7. The Morgan fingerprint density at radius 2 is 1.97 bits per heavy atom. The maximum atomic E-state index is 12.4. The summed E-state index contributed by atoms with van der Waals surface area (Å²) < 4.78 is 5.70. The maximum Gasteiger partial charge on any atom is 0.143 e. The van der Waals surface area contributed by atoms with Crippen molar-refractivity contribution in [3.8, 4) is 16.3 Å². The van der Waals surface area contributed by atoms with Gasteiger partial charge in [-0.05, 0) is 57.9 Å². The molecule has 0 atom stereocenters. The van der Waals surface area contributed by atoms with Crippen LogP contribution in [0.15, 0.2) is 29.3 Å². The molecular formula is C25H26N4O2S. The summed E-state index contributed by atoms with van der Waals surface area (Å²) in [6.45, 7) is 6.12. The van der Waals surface area contributed by atoms with Gasteiger partial charge in [0.05, 0.1) is 35.6 Å². The molecular weight excluding hydrogens is 420 g/mol. The molecule has 7 heteroatoms. The number of Topliss-reactive ketones (excluding diaryl/α,β-unsaturated/α-hetero) is 1. The number of methoxy groups -OCH3 is 1. The van der Waals surface area contributed by atoms with Crippen LogP contribution in [-0.2, 0) is 17.6 Å². The standard InChI is InChI=1S/C25H26N4O2S/c1-13-9-20-24(26-13)21(11-18(28-20)12-22(30)16-5-6-16)29-19-8-7-17(10-23(19)31-4)25-27-14(2)15(3)32-25/h7-8,10-11,16H,5-6,9,12H2,1-4H3,(H,28,29). The molecule has 6 nitrogen and oxygen atoms in total. The number of nitrogens with zero attached hydrogens (tertiary/aromatic N) is 3. The van der Waals surface area contributed by atoms with Crippen molar-refractivity contribution in [2.45, 2.75) is 46.5 Å². The second-order valence-corrected chi connectivity index (χ2v) is 9.80. The molecule has 0 unspecified atom stereocenters. The third kappa shape index (κ3) is 4.05. The highest BCUT2D eigenvalue weighted by molar-refractivity contribution is 7.15. The molecule has 0 saturated heterocycles. The van der Waals surface area contributed by atoms with Crippen LogP contribution < -0.4 is 10.1 Å². The van der Waals surface area contributed by atoms with Crippen LogP contribution in [0.3, 0.4) is 0 Å². The molecule has 1 aliphatic heterocycles. The van der Waals surface area contributed by atoms with Gasteiger partial charge in [0.15, 0.2) is 0 Å². The van der Waals surface area contributed by atoms with Gasteiger partial charge < -0.3 is 10.1 Å². The lowest BCUT2D eigenvalue weighted by molar-refractivity contribution is -0.119. The lowest BCUT2D eigenvalue weighted by Gasteiger charge is -2.15. The Labute approximate surface area is 191 Å². The second-order valence-electron chi connectivity index (χ2n) is 8.60. The number of hydrogen-bond donors (Lipinski definition) is 1. The predicted octanol–water partition coefficient (Wildman–Crippen LogP) is 5.74. The number of aromatic nitrogens is 2. The van der Waals surface area contributed by atoms with Gasteiger partial charge in [0, 0.05) is 34.9 Å². The highest BCUT2D eigenvalue weighted by Gasteiger charge is 2.30. The van der Waals surface area contributed by atoms with Crippen molar-refractivity contribution < 1.29 is 9.53 Å². The van der Waals surface area contributed by atoms with Crippen molar-refractivity contribution in [2.75, 3.05) is 12.4 Å². The van der Waals surface area contributed by atoms with Crippen LogP contribution in [0.2, 0.25) is 0 Å². The predicted molar refractivity (Wildman–Crippen MR) is 129 cm³/mol. The highest BCUT2D eigenvalue weighted by Crippen LogP contribution is 2.40. The van der Waals surface area contributed by atoms with E-state index in [1.54, 1.807) is 18.4 Å². The zero-order valence-corrected chi connectivity index (χ0v) is 19.6. The van der Waals surface area contributed by atoms with Crippen LogP contribution in [0.1, 0.15) is 41.7 Å². The van der Waals surface area contributed by atoms with E-state index in [2.05, 4.69) is 23.3 Å². The van der Waals surface area contributed by atoms with Crippen molar-refractivity contribution in [3.05, 3.63) is 46.2 Å². The van der Waals surface area contributed by atoms with Gasteiger partial charge in [-0.15, -0.1) is 11.3 Å². The van der Waals surface area contributed by atoms with Crippen LogP contribution in [0, 0.1) is 19.8 Å². The molecule has 2 aromatic heterocycles. The molecule has 2 aliphatic rings. The van der Waals surface area contributed by atoms with Crippen LogP contribution in [-0.4, -0.2) is 28.6 Å². The summed E-state index contributed by atoms with van der Waals surface area (Å²) in [6.07, 6.45) is 3.12. The SMILES string of the molecule is COc1cc(-c2nc(C)c(C)s2)ccc1Nc1cc(CC(=O)C2CC2)nc2c1N=C(C)C2. The van der Waals surface area contributed by atoms with Gasteiger partial charge in [-0.3, -0.25) is 14.8 Å². The Morgan fingerprint density at radius 3 is 2.66 bits per heavy atom. The third-order valence-corrected chi connectivity index (χ3v) is 7.10. The first kappa shape index (κ1) is 20.8. The molecule has 32 heavy (non-hydrogen) atoms. The molecule has 3 heterocycles. The Morgan fingerprint density at radius 1 is 1.16 bits per heavy atom. The van der Waals surface area contributed by atoms with Crippen molar-refractivity contribution in [1.82, 2.24) is 9.97 Å². The van der Waals surface area contributed by atoms with Gasteiger partial charge in [-0.2, -0.15) is 0 Å². The quantitative estimate of drug-likeness (QED) is 0.500. The number of aryl methyl sites for hydroxylation is 2. The van der Waals surface area contributed by atoms with E-state index < -0.39 is 0 Å². The summed E-state index contributed by atoms with van der Waals surface area (Å²) >= 11 is 1.68. The number of fused-ring (bicyclic) bond motifs is 1. The van der Waals surface area contributed by atoms with Gasteiger partial charge in [0.25, 0.3) is 0 Å². The van der Waals surface area contributed by atoms with E-state index in [0.29, 0.717) is 12.8 Å². The van der Waals surface area contributed by atoms with E-state index in [-0.39, 0.29) is 11.7 Å². The summed E-state index contributed by atoms with van der Waals surface area (Å²) in [7, 11) is 1.67. The smallest absolute Gasteiger partial charge is 0.143 e. The number of anilines is 2. The van der Waals surface area contributed by atoms with Gasteiger partial charge in [-0.1, -0.05) is 0 Å². The van der Waals surface area contributed by atoms with E-state index in [1.807, 2.05) is 32.0 Å². The van der Waals surface area contributed by atoms with Crippen molar-refractivity contribution in [2.24, 2.45) is 10.9 Å². The van der Waals surface area contributed by atoms with Crippen LogP contribution >= 0.6 is 11.3 Å². The van der Waals surface area contributed by atoms with E-state index >= 15 is 0 Å². The zero-order valence-electron chi connectivity index (χ0n) is 18.8. The number of benzene rings is 1. The summed E-state index contributed by atoms with van der Waals surface area (Å²) in [5, 5.41) is 4.48.